The van der Waals surface area contributed by atoms with Crippen molar-refractivity contribution in [2.45, 2.75) is 19.9 Å². The molecule has 168 valence electrons. The number of rotatable bonds is 10. The number of hydrogen-bond acceptors (Lipinski definition) is 4. The predicted molar refractivity (Wildman–Crippen MR) is 126 cm³/mol. The summed E-state index contributed by atoms with van der Waals surface area (Å²) < 4.78 is 5.29. The summed E-state index contributed by atoms with van der Waals surface area (Å²) in [6.07, 6.45) is 2.65. The number of benzene rings is 2. The maximum Gasteiger partial charge on any atom is 0.255 e. The second-order valence-corrected chi connectivity index (χ2v) is 7.35. The first-order valence-electron chi connectivity index (χ1n) is 10.6. The summed E-state index contributed by atoms with van der Waals surface area (Å²) in [5.74, 6) is 1.84. The zero-order valence-electron chi connectivity index (χ0n) is 18.5. The number of carbonyl (C=O) groups excluding carboxylic acids is 1. The topological polar surface area (TPSA) is 109 Å². The van der Waals surface area contributed by atoms with E-state index in [1.54, 1.807) is 0 Å². The van der Waals surface area contributed by atoms with Gasteiger partial charge in [0.1, 0.15) is 11.6 Å². The van der Waals surface area contributed by atoms with E-state index in [1.165, 1.54) is 0 Å². The number of nitrogens with two attached hydrogens (primary N) is 1. The van der Waals surface area contributed by atoms with Crippen molar-refractivity contribution in [1.82, 2.24) is 20.2 Å². The van der Waals surface area contributed by atoms with E-state index in [0.717, 1.165) is 41.6 Å². The largest absolute Gasteiger partial charge is 0.484 e. The zero-order valence-corrected chi connectivity index (χ0v) is 18.5. The van der Waals surface area contributed by atoms with Crippen molar-refractivity contribution in [1.29, 1.82) is 0 Å². The molecule has 8 nitrogen and oxygen atoms in total. The van der Waals surface area contributed by atoms with Gasteiger partial charge in [-0.1, -0.05) is 42.5 Å². The van der Waals surface area contributed by atoms with Crippen LogP contribution in [0.2, 0.25) is 0 Å². The van der Waals surface area contributed by atoms with Crippen LogP contribution in [-0.4, -0.2) is 53.5 Å². The molecule has 0 fully saturated rings. The number of amides is 1. The van der Waals surface area contributed by atoms with E-state index in [0.29, 0.717) is 18.8 Å². The molecule has 8 heteroatoms. The molecule has 0 aliphatic rings. The molecule has 0 aliphatic carbocycles. The lowest BCUT2D eigenvalue weighted by Crippen LogP contribution is -2.38. The minimum atomic E-state index is -0.491. The number of aromatic amines is 1. The molecule has 0 aliphatic heterocycles. The van der Waals surface area contributed by atoms with Gasteiger partial charge in [-0.05, 0) is 36.6 Å². The molecule has 1 amide bonds. The van der Waals surface area contributed by atoms with Crippen molar-refractivity contribution in [3.05, 3.63) is 72.2 Å². The third-order valence-corrected chi connectivity index (χ3v) is 4.76. The number of guanidine groups is 1. The summed E-state index contributed by atoms with van der Waals surface area (Å²) in [5.41, 5.74) is 8.34. The number of carbonyl (C=O) groups is 1. The van der Waals surface area contributed by atoms with Crippen LogP contribution >= 0.6 is 0 Å². The van der Waals surface area contributed by atoms with Crippen LogP contribution in [0.1, 0.15) is 18.3 Å². The Morgan fingerprint density at radius 1 is 1.19 bits per heavy atom. The normalized spacial score (nSPS) is 11.2. The molecule has 0 saturated carbocycles. The molecule has 0 bridgehead atoms. The fraction of sp³-hybridized carbons (Fsp3) is 0.292. The van der Waals surface area contributed by atoms with Gasteiger partial charge in [0.05, 0.1) is 18.4 Å². The Balaban J connectivity index is 1.56. The molecule has 0 spiro atoms. The van der Waals surface area contributed by atoms with E-state index in [9.17, 15) is 4.79 Å². The number of aromatic nitrogens is 2. The average Bonchev–Trinajstić information content (AvgIpc) is 3.27. The van der Waals surface area contributed by atoms with Crippen molar-refractivity contribution in [3.8, 4) is 17.0 Å². The van der Waals surface area contributed by atoms with E-state index in [1.807, 2.05) is 55.7 Å². The smallest absolute Gasteiger partial charge is 0.255 e. The van der Waals surface area contributed by atoms with Crippen LogP contribution < -0.4 is 15.8 Å². The summed E-state index contributed by atoms with van der Waals surface area (Å²) >= 11 is 0. The number of imidazole rings is 1. The summed E-state index contributed by atoms with van der Waals surface area (Å²) in [4.78, 5) is 25.5. The number of nitrogens with one attached hydrogen (secondary N) is 2. The van der Waals surface area contributed by atoms with Gasteiger partial charge < -0.3 is 25.7 Å². The summed E-state index contributed by atoms with van der Waals surface area (Å²) in [7, 11) is 2.00. The first kappa shape index (κ1) is 22.9. The Bertz CT molecular complexity index is 1010. The Hall–Kier alpha value is -3.81. The fourth-order valence-corrected chi connectivity index (χ4v) is 3.17. The van der Waals surface area contributed by atoms with Crippen LogP contribution in [0.4, 0.5) is 0 Å². The molecule has 3 rings (SSSR count). The van der Waals surface area contributed by atoms with Crippen LogP contribution in [0.15, 0.2) is 65.8 Å². The Morgan fingerprint density at radius 3 is 2.62 bits per heavy atom. The molecular weight excluding hydrogens is 404 g/mol. The van der Waals surface area contributed by atoms with E-state index in [-0.39, 0.29) is 6.61 Å². The van der Waals surface area contributed by atoms with Gasteiger partial charge in [-0.25, -0.2) is 4.98 Å². The highest BCUT2D eigenvalue weighted by atomic mass is 16.5. The highest BCUT2D eigenvalue weighted by Crippen LogP contribution is 2.16. The van der Waals surface area contributed by atoms with Gasteiger partial charge in [0.25, 0.3) is 5.91 Å². The summed E-state index contributed by atoms with van der Waals surface area (Å²) in [5, 5.41) is 3.33. The highest BCUT2D eigenvalue weighted by Gasteiger charge is 2.10. The molecule has 2 aromatic carbocycles. The molecule has 0 atom stereocenters. The van der Waals surface area contributed by atoms with Crippen LogP contribution in [-0.2, 0) is 17.8 Å². The first-order valence-corrected chi connectivity index (χ1v) is 10.6. The van der Waals surface area contributed by atoms with Crippen LogP contribution in [0.3, 0.4) is 0 Å². The molecule has 0 saturated heterocycles. The molecule has 1 heterocycles. The van der Waals surface area contributed by atoms with Gasteiger partial charge in [-0.15, -0.1) is 0 Å². The van der Waals surface area contributed by atoms with E-state index >= 15 is 0 Å². The summed E-state index contributed by atoms with van der Waals surface area (Å²) in [6, 6.07) is 17.7. The second kappa shape index (κ2) is 11.5. The molecule has 1 aromatic heterocycles. The first-order chi connectivity index (χ1) is 15.5. The maximum absolute atomic E-state index is 10.8. The standard InChI is InChI=1S/C24H30N6O2/c1-3-26-24(27-14-13-18-9-11-20(12-10-18)32-17-22(25)31)30(2)16-23-28-15-21(29-23)19-7-5-4-6-8-19/h4-12,15H,3,13-14,16-17H2,1-2H3,(H2,25,31)(H,26,27)(H,28,29). The second-order valence-electron chi connectivity index (χ2n) is 7.35. The number of aliphatic imine (C=N–C) groups is 1. The lowest BCUT2D eigenvalue weighted by Gasteiger charge is -2.21. The highest BCUT2D eigenvalue weighted by molar-refractivity contribution is 5.79. The van der Waals surface area contributed by atoms with Gasteiger partial charge in [-0.2, -0.15) is 0 Å². The van der Waals surface area contributed by atoms with Crippen LogP contribution in [0.25, 0.3) is 11.3 Å². The lowest BCUT2D eigenvalue weighted by atomic mass is 10.1. The predicted octanol–water partition coefficient (Wildman–Crippen LogP) is 2.58. The molecule has 3 aromatic rings. The number of H-pyrrole nitrogens is 1. The van der Waals surface area contributed by atoms with Gasteiger partial charge in [-0.3, -0.25) is 9.79 Å². The maximum atomic E-state index is 10.8. The van der Waals surface area contributed by atoms with E-state index < -0.39 is 5.91 Å². The van der Waals surface area contributed by atoms with Crippen molar-refractivity contribution in [2.75, 3.05) is 26.7 Å². The zero-order chi connectivity index (χ0) is 22.8. The minimum Gasteiger partial charge on any atom is -0.484 e. The third-order valence-electron chi connectivity index (χ3n) is 4.76. The van der Waals surface area contributed by atoms with Crippen molar-refractivity contribution in [2.24, 2.45) is 10.7 Å². The fourth-order valence-electron chi connectivity index (χ4n) is 3.17. The van der Waals surface area contributed by atoms with Crippen molar-refractivity contribution >= 4 is 11.9 Å². The lowest BCUT2D eigenvalue weighted by molar-refractivity contribution is -0.119. The Kier molecular flexibility index (Phi) is 8.25. The number of hydrogen-bond donors (Lipinski definition) is 3. The number of nitrogens with zero attached hydrogens (tertiary/aromatic N) is 3. The molecular formula is C24H30N6O2. The van der Waals surface area contributed by atoms with Gasteiger partial charge in [0.15, 0.2) is 12.6 Å². The molecule has 0 radical (unpaired) electrons. The Labute approximate surface area is 188 Å². The van der Waals surface area contributed by atoms with Gasteiger partial charge in [0.2, 0.25) is 0 Å². The van der Waals surface area contributed by atoms with E-state index in [2.05, 4.69) is 39.2 Å². The van der Waals surface area contributed by atoms with Gasteiger partial charge in [0, 0.05) is 20.1 Å². The third kappa shape index (κ3) is 6.87. The number of ether oxygens (including phenoxy) is 1. The SMILES string of the molecule is CCNC(=NCCc1ccc(OCC(N)=O)cc1)N(C)Cc1ncc(-c2ccccc2)[nH]1. The average molecular weight is 435 g/mol. The Morgan fingerprint density at radius 2 is 1.94 bits per heavy atom. The van der Waals surface area contributed by atoms with Gasteiger partial charge >= 0.3 is 0 Å². The monoisotopic (exact) mass is 434 g/mol. The van der Waals surface area contributed by atoms with Crippen LogP contribution in [0, 0.1) is 0 Å². The molecule has 32 heavy (non-hydrogen) atoms. The summed E-state index contributed by atoms with van der Waals surface area (Å²) in [6.45, 7) is 3.97. The molecule has 0 unspecified atom stereocenters. The van der Waals surface area contributed by atoms with Crippen molar-refractivity contribution < 1.29 is 9.53 Å². The quantitative estimate of drug-likeness (QED) is 0.336. The number of primary amides is 1. The van der Waals surface area contributed by atoms with E-state index in [4.69, 9.17) is 15.5 Å². The minimum absolute atomic E-state index is 0.121. The van der Waals surface area contributed by atoms with Crippen LogP contribution in [0.5, 0.6) is 5.75 Å². The molecule has 4 N–H and O–H groups in total. The van der Waals surface area contributed by atoms with Crippen molar-refractivity contribution in [3.63, 3.8) is 0 Å².